The van der Waals surface area contributed by atoms with E-state index in [0.29, 0.717) is 18.9 Å². The van der Waals surface area contributed by atoms with Gasteiger partial charge in [-0.25, -0.2) is 0 Å². The number of halogens is 2. The SMILES string of the molecule is COc1ccc(CN2CCOc3ccc(C(=O)CCC4CCN(Cc5ccccc5)CC4)cc3C2)cc1.Cl.Cl. The molecule has 5 nitrogen and oxygen atoms in total. The zero-order chi connectivity index (χ0) is 25.5. The normalized spacial score (nSPS) is 16.1. The second kappa shape index (κ2) is 15.3. The van der Waals surface area contributed by atoms with E-state index in [4.69, 9.17) is 9.47 Å². The second-order valence-corrected chi connectivity index (χ2v) is 10.4. The van der Waals surface area contributed by atoms with Crippen LogP contribution in [0, 0.1) is 5.92 Å². The predicted molar refractivity (Wildman–Crippen MR) is 162 cm³/mol. The lowest BCUT2D eigenvalue weighted by atomic mass is 9.90. The number of carbonyl (C=O) groups is 1. The highest BCUT2D eigenvalue weighted by atomic mass is 35.5. The number of hydrogen-bond donors (Lipinski definition) is 0. The number of methoxy groups -OCH3 is 1. The maximum absolute atomic E-state index is 13.1. The molecular formula is C32H40Cl2N2O3. The van der Waals surface area contributed by atoms with Gasteiger partial charge in [0, 0.05) is 43.7 Å². The van der Waals surface area contributed by atoms with Gasteiger partial charge in [0.25, 0.3) is 0 Å². The molecule has 0 aliphatic carbocycles. The lowest BCUT2D eigenvalue weighted by Gasteiger charge is -2.32. The number of fused-ring (bicyclic) bond motifs is 1. The Morgan fingerprint density at radius 3 is 2.28 bits per heavy atom. The Kier molecular flexibility index (Phi) is 12.1. The van der Waals surface area contributed by atoms with Crippen molar-refractivity contribution in [3.8, 4) is 11.5 Å². The topological polar surface area (TPSA) is 42.0 Å². The molecule has 0 saturated carbocycles. The number of likely N-dealkylation sites (tertiary alicyclic amines) is 1. The molecule has 0 radical (unpaired) electrons. The number of Topliss-reactive ketones (excluding diaryl/α,β-unsaturated/α-hetero) is 1. The van der Waals surface area contributed by atoms with Gasteiger partial charge in [0.15, 0.2) is 5.78 Å². The third kappa shape index (κ3) is 8.71. The van der Waals surface area contributed by atoms with Gasteiger partial charge in [-0.2, -0.15) is 0 Å². The lowest BCUT2D eigenvalue weighted by Crippen LogP contribution is -2.33. The quantitative estimate of drug-likeness (QED) is 0.264. The minimum atomic E-state index is 0. The molecule has 2 aliphatic heterocycles. The first-order valence-electron chi connectivity index (χ1n) is 13.6. The Bertz CT molecular complexity index is 1170. The first-order valence-corrected chi connectivity index (χ1v) is 13.6. The van der Waals surface area contributed by atoms with Crippen molar-refractivity contribution in [2.75, 3.05) is 33.4 Å². The maximum atomic E-state index is 13.1. The van der Waals surface area contributed by atoms with Crippen LogP contribution in [0.1, 0.15) is 52.7 Å². The minimum absolute atomic E-state index is 0. The summed E-state index contributed by atoms with van der Waals surface area (Å²) in [6.07, 6.45) is 3.96. The van der Waals surface area contributed by atoms with E-state index in [2.05, 4.69) is 58.3 Å². The number of nitrogens with zero attached hydrogens (tertiary/aromatic N) is 2. The molecule has 39 heavy (non-hydrogen) atoms. The fraction of sp³-hybridized carbons (Fsp3) is 0.406. The van der Waals surface area contributed by atoms with Crippen LogP contribution in [0.25, 0.3) is 0 Å². The van der Waals surface area contributed by atoms with Gasteiger partial charge >= 0.3 is 0 Å². The van der Waals surface area contributed by atoms with Crippen LogP contribution in [0.2, 0.25) is 0 Å². The van der Waals surface area contributed by atoms with Gasteiger partial charge in [0.05, 0.1) is 7.11 Å². The maximum Gasteiger partial charge on any atom is 0.162 e. The van der Waals surface area contributed by atoms with Gasteiger partial charge in [-0.1, -0.05) is 42.5 Å². The van der Waals surface area contributed by atoms with Crippen molar-refractivity contribution in [1.82, 2.24) is 9.80 Å². The van der Waals surface area contributed by atoms with Crippen LogP contribution < -0.4 is 9.47 Å². The Hall–Kier alpha value is -2.57. The molecule has 3 aromatic rings. The molecular weight excluding hydrogens is 531 g/mol. The van der Waals surface area contributed by atoms with Crippen LogP contribution in [0.15, 0.2) is 72.8 Å². The van der Waals surface area contributed by atoms with E-state index in [1.54, 1.807) is 7.11 Å². The summed E-state index contributed by atoms with van der Waals surface area (Å²) < 4.78 is 11.3. The van der Waals surface area contributed by atoms with E-state index in [-0.39, 0.29) is 30.6 Å². The molecule has 2 heterocycles. The highest BCUT2D eigenvalue weighted by molar-refractivity contribution is 5.96. The fourth-order valence-electron chi connectivity index (χ4n) is 5.50. The summed E-state index contributed by atoms with van der Waals surface area (Å²) in [5.41, 5.74) is 4.54. The van der Waals surface area contributed by atoms with E-state index in [0.717, 1.165) is 68.3 Å². The molecule has 0 aromatic heterocycles. The highest BCUT2D eigenvalue weighted by Crippen LogP contribution is 2.28. The molecule has 210 valence electrons. The monoisotopic (exact) mass is 570 g/mol. The molecule has 1 fully saturated rings. The largest absolute Gasteiger partial charge is 0.497 e. The second-order valence-electron chi connectivity index (χ2n) is 10.4. The fourth-order valence-corrected chi connectivity index (χ4v) is 5.50. The van der Waals surface area contributed by atoms with Crippen molar-refractivity contribution in [3.63, 3.8) is 0 Å². The zero-order valence-electron chi connectivity index (χ0n) is 22.7. The van der Waals surface area contributed by atoms with Gasteiger partial charge in [0.1, 0.15) is 18.1 Å². The smallest absolute Gasteiger partial charge is 0.162 e. The molecule has 2 aliphatic rings. The predicted octanol–water partition coefficient (Wildman–Crippen LogP) is 6.81. The van der Waals surface area contributed by atoms with Crippen LogP contribution in [0.4, 0.5) is 0 Å². The summed E-state index contributed by atoms with van der Waals surface area (Å²) >= 11 is 0. The minimum Gasteiger partial charge on any atom is -0.497 e. The number of ketones is 1. The molecule has 0 atom stereocenters. The van der Waals surface area contributed by atoms with Crippen molar-refractivity contribution in [3.05, 3.63) is 95.1 Å². The molecule has 0 unspecified atom stereocenters. The Labute approximate surface area is 245 Å². The van der Waals surface area contributed by atoms with Gasteiger partial charge in [-0.3, -0.25) is 14.6 Å². The standard InChI is InChI=1S/C32H38N2O3.2ClH/c1-36-30-11-7-27(8-12-30)23-34-19-20-37-32-14-10-28(21-29(32)24-34)31(35)13-9-25-15-17-33(18-16-25)22-26-5-3-2-4-6-26;;/h2-8,10-12,14,21,25H,9,13,15-20,22-24H2,1H3;2*1H. The third-order valence-electron chi connectivity index (χ3n) is 7.74. The third-order valence-corrected chi connectivity index (χ3v) is 7.74. The molecule has 0 bridgehead atoms. The van der Waals surface area contributed by atoms with Gasteiger partial charge in [-0.05, 0) is 79.7 Å². The first-order chi connectivity index (χ1) is 18.2. The van der Waals surface area contributed by atoms with Crippen LogP contribution in [-0.4, -0.2) is 48.9 Å². The molecule has 0 N–H and O–H groups in total. The molecule has 3 aromatic carbocycles. The van der Waals surface area contributed by atoms with E-state index < -0.39 is 0 Å². The van der Waals surface area contributed by atoms with Crippen molar-refractivity contribution in [1.29, 1.82) is 0 Å². The number of rotatable bonds is 9. The average molecular weight is 572 g/mol. The van der Waals surface area contributed by atoms with Crippen LogP contribution in [0.5, 0.6) is 11.5 Å². The van der Waals surface area contributed by atoms with E-state index >= 15 is 0 Å². The zero-order valence-corrected chi connectivity index (χ0v) is 24.4. The van der Waals surface area contributed by atoms with Crippen molar-refractivity contribution < 1.29 is 14.3 Å². The summed E-state index contributed by atoms with van der Waals surface area (Å²) in [5, 5.41) is 0. The Morgan fingerprint density at radius 1 is 0.872 bits per heavy atom. The van der Waals surface area contributed by atoms with Gasteiger partial charge in [-0.15, -0.1) is 24.8 Å². The van der Waals surface area contributed by atoms with E-state index in [1.807, 2.05) is 24.3 Å². The highest BCUT2D eigenvalue weighted by Gasteiger charge is 2.22. The number of ether oxygens (including phenoxy) is 2. The lowest BCUT2D eigenvalue weighted by molar-refractivity contribution is 0.0961. The molecule has 0 amide bonds. The first kappa shape index (κ1) is 31.0. The van der Waals surface area contributed by atoms with Gasteiger partial charge < -0.3 is 9.47 Å². The Balaban J connectivity index is 0.00000210. The van der Waals surface area contributed by atoms with E-state index in [1.165, 1.54) is 24.0 Å². The number of benzene rings is 3. The molecule has 7 heteroatoms. The summed E-state index contributed by atoms with van der Waals surface area (Å²) in [6, 6.07) is 24.9. The summed E-state index contributed by atoms with van der Waals surface area (Å²) in [4.78, 5) is 18.0. The molecule has 5 rings (SSSR count). The molecule has 0 spiro atoms. The average Bonchev–Trinajstić information content (AvgIpc) is 3.14. The number of hydrogen-bond acceptors (Lipinski definition) is 5. The van der Waals surface area contributed by atoms with E-state index in [9.17, 15) is 4.79 Å². The summed E-state index contributed by atoms with van der Waals surface area (Å²) in [5.74, 6) is 2.66. The number of carbonyl (C=O) groups excluding carboxylic acids is 1. The van der Waals surface area contributed by atoms with Gasteiger partial charge in [0.2, 0.25) is 0 Å². The van der Waals surface area contributed by atoms with Crippen molar-refractivity contribution in [2.24, 2.45) is 5.92 Å². The summed E-state index contributed by atoms with van der Waals surface area (Å²) in [7, 11) is 1.69. The van der Waals surface area contributed by atoms with Crippen LogP contribution in [0.3, 0.4) is 0 Å². The van der Waals surface area contributed by atoms with Crippen molar-refractivity contribution in [2.45, 2.75) is 45.3 Å². The number of piperidine rings is 1. The Morgan fingerprint density at radius 2 is 1.56 bits per heavy atom. The van der Waals surface area contributed by atoms with Crippen LogP contribution >= 0.6 is 24.8 Å². The van der Waals surface area contributed by atoms with Crippen LogP contribution in [-0.2, 0) is 19.6 Å². The molecule has 1 saturated heterocycles. The summed E-state index contributed by atoms with van der Waals surface area (Å²) in [6.45, 7) is 6.39. The van der Waals surface area contributed by atoms with Crippen molar-refractivity contribution >= 4 is 30.6 Å².